The highest BCUT2D eigenvalue weighted by Crippen LogP contribution is 2.29. The summed E-state index contributed by atoms with van der Waals surface area (Å²) in [6.07, 6.45) is 0.285. The van der Waals surface area contributed by atoms with Gasteiger partial charge in [0, 0.05) is 16.3 Å². The van der Waals surface area contributed by atoms with E-state index in [-0.39, 0.29) is 6.42 Å². The predicted octanol–water partition coefficient (Wildman–Crippen LogP) is 3.76. The number of nitrogens with one attached hydrogen (secondary N) is 1. The molecule has 0 spiro atoms. The van der Waals surface area contributed by atoms with Crippen molar-refractivity contribution in [3.63, 3.8) is 0 Å². The molecule has 0 saturated heterocycles. The van der Waals surface area contributed by atoms with E-state index in [0.717, 1.165) is 17.0 Å². The summed E-state index contributed by atoms with van der Waals surface area (Å²) in [5.41, 5.74) is 2.41. The molecule has 3 nitrogen and oxygen atoms in total. The van der Waals surface area contributed by atoms with Crippen molar-refractivity contribution in [3.05, 3.63) is 39.6 Å². The van der Waals surface area contributed by atoms with Crippen LogP contribution in [0.15, 0.2) is 18.2 Å². The van der Waals surface area contributed by atoms with E-state index in [1.54, 1.807) is 18.2 Å². The van der Waals surface area contributed by atoms with Gasteiger partial charge in [-0.25, -0.2) is 4.98 Å². The summed E-state index contributed by atoms with van der Waals surface area (Å²) >= 11 is 11.9. The number of nitrogens with zero attached hydrogens (tertiary/aromatic N) is 2. The average molecular weight is 266 g/mol. The van der Waals surface area contributed by atoms with Gasteiger partial charge in [0.25, 0.3) is 0 Å². The molecule has 0 saturated carbocycles. The standard InChI is InChI=1S/C12H9Cl2N3/c1-7-11(4-5-15)17-12(16-7)9-3-2-8(13)6-10(9)14/h2-3,6H,4H2,1H3,(H,16,17). The van der Waals surface area contributed by atoms with E-state index in [4.69, 9.17) is 28.5 Å². The van der Waals surface area contributed by atoms with Gasteiger partial charge in [-0.1, -0.05) is 23.2 Å². The minimum absolute atomic E-state index is 0.285. The molecule has 0 bridgehead atoms. The van der Waals surface area contributed by atoms with E-state index in [0.29, 0.717) is 15.9 Å². The van der Waals surface area contributed by atoms with Gasteiger partial charge in [0.05, 0.1) is 23.2 Å². The smallest absolute Gasteiger partial charge is 0.139 e. The number of aryl methyl sites for hydroxylation is 1. The van der Waals surface area contributed by atoms with Crippen molar-refractivity contribution in [2.45, 2.75) is 13.3 Å². The molecule has 0 unspecified atom stereocenters. The summed E-state index contributed by atoms with van der Waals surface area (Å²) in [5, 5.41) is 9.79. The molecular weight excluding hydrogens is 257 g/mol. The van der Waals surface area contributed by atoms with Crippen molar-refractivity contribution in [2.75, 3.05) is 0 Å². The summed E-state index contributed by atoms with van der Waals surface area (Å²) in [4.78, 5) is 7.47. The molecular formula is C12H9Cl2N3. The van der Waals surface area contributed by atoms with Crippen LogP contribution in [-0.2, 0) is 6.42 Å². The third-order valence-electron chi connectivity index (χ3n) is 2.42. The van der Waals surface area contributed by atoms with Crippen molar-refractivity contribution in [1.29, 1.82) is 5.26 Å². The van der Waals surface area contributed by atoms with Gasteiger partial charge in [0.15, 0.2) is 0 Å². The number of aromatic amines is 1. The molecule has 86 valence electrons. The summed E-state index contributed by atoms with van der Waals surface area (Å²) in [6.45, 7) is 1.88. The van der Waals surface area contributed by atoms with Gasteiger partial charge >= 0.3 is 0 Å². The normalized spacial score (nSPS) is 10.2. The number of aromatic nitrogens is 2. The molecule has 0 radical (unpaired) electrons. The maximum atomic E-state index is 8.67. The highest BCUT2D eigenvalue weighted by Gasteiger charge is 2.11. The van der Waals surface area contributed by atoms with Crippen molar-refractivity contribution < 1.29 is 0 Å². The second kappa shape index (κ2) is 4.79. The fourth-order valence-corrected chi connectivity index (χ4v) is 2.05. The Bertz CT molecular complexity index is 596. The Hall–Kier alpha value is -1.50. The van der Waals surface area contributed by atoms with E-state index in [1.165, 1.54) is 0 Å². The lowest BCUT2D eigenvalue weighted by atomic mass is 10.2. The third kappa shape index (κ3) is 2.44. The van der Waals surface area contributed by atoms with Gasteiger partial charge in [-0.05, 0) is 25.1 Å². The highest BCUT2D eigenvalue weighted by atomic mass is 35.5. The first-order valence-electron chi connectivity index (χ1n) is 4.99. The zero-order valence-corrected chi connectivity index (χ0v) is 10.6. The Morgan fingerprint density at radius 1 is 1.41 bits per heavy atom. The molecule has 5 heteroatoms. The minimum atomic E-state index is 0.285. The summed E-state index contributed by atoms with van der Waals surface area (Å²) in [5.74, 6) is 0.661. The number of halogens is 2. The van der Waals surface area contributed by atoms with Crippen molar-refractivity contribution in [2.24, 2.45) is 0 Å². The Balaban J connectivity index is 2.47. The Labute approximate surface area is 109 Å². The van der Waals surface area contributed by atoms with Gasteiger partial charge in [0.2, 0.25) is 0 Å². The van der Waals surface area contributed by atoms with Gasteiger partial charge in [-0.3, -0.25) is 0 Å². The molecule has 0 aliphatic rings. The van der Waals surface area contributed by atoms with Crippen LogP contribution in [0.1, 0.15) is 11.4 Å². The van der Waals surface area contributed by atoms with Crippen LogP contribution in [0.4, 0.5) is 0 Å². The maximum absolute atomic E-state index is 8.67. The first kappa shape index (κ1) is 12.0. The van der Waals surface area contributed by atoms with Gasteiger partial charge < -0.3 is 4.98 Å². The monoisotopic (exact) mass is 265 g/mol. The first-order valence-corrected chi connectivity index (χ1v) is 5.75. The summed E-state index contributed by atoms with van der Waals surface area (Å²) < 4.78 is 0. The fraction of sp³-hybridized carbons (Fsp3) is 0.167. The lowest BCUT2D eigenvalue weighted by Crippen LogP contribution is -1.85. The van der Waals surface area contributed by atoms with Gasteiger partial charge in [-0.2, -0.15) is 5.26 Å². The van der Waals surface area contributed by atoms with E-state index < -0.39 is 0 Å². The lowest BCUT2D eigenvalue weighted by Gasteiger charge is -2.00. The molecule has 0 aliphatic heterocycles. The van der Waals surface area contributed by atoms with Gasteiger partial charge in [-0.15, -0.1) is 0 Å². The molecule has 0 atom stereocenters. The molecule has 0 amide bonds. The van der Waals surface area contributed by atoms with Crippen LogP contribution in [-0.4, -0.2) is 9.97 Å². The molecule has 2 aromatic rings. The zero-order valence-electron chi connectivity index (χ0n) is 9.09. The number of nitriles is 1. The minimum Gasteiger partial charge on any atom is -0.342 e. The number of hydrogen-bond donors (Lipinski definition) is 1. The first-order chi connectivity index (χ1) is 8.11. The second-order valence-electron chi connectivity index (χ2n) is 3.62. The number of H-pyrrole nitrogens is 1. The molecule has 1 aromatic heterocycles. The SMILES string of the molecule is Cc1[nH]c(-c2ccc(Cl)cc2Cl)nc1CC#N. The number of imidazole rings is 1. The zero-order chi connectivity index (χ0) is 12.4. The van der Waals surface area contributed by atoms with Crippen LogP contribution in [0.3, 0.4) is 0 Å². The second-order valence-corrected chi connectivity index (χ2v) is 4.46. The molecule has 2 rings (SSSR count). The van der Waals surface area contributed by atoms with Crippen LogP contribution in [0, 0.1) is 18.3 Å². The predicted molar refractivity (Wildman–Crippen MR) is 68.1 cm³/mol. The number of hydrogen-bond acceptors (Lipinski definition) is 2. The lowest BCUT2D eigenvalue weighted by molar-refractivity contribution is 1.12. The van der Waals surface area contributed by atoms with E-state index in [1.807, 2.05) is 6.92 Å². The molecule has 1 N–H and O–H groups in total. The third-order valence-corrected chi connectivity index (χ3v) is 2.97. The Kier molecular flexibility index (Phi) is 3.37. The van der Waals surface area contributed by atoms with Crippen LogP contribution >= 0.6 is 23.2 Å². The summed E-state index contributed by atoms with van der Waals surface area (Å²) in [7, 11) is 0. The quantitative estimate of drug-likeness (QED) is 0.899. The topological polar surface area (TPSA) is 52.5 Å². The largest absolute Gasteiger partial charge is 0.342 e. The molecule has 17 heavy (non-hydrogen) atoms. The van der Waals surface area contributed by atoms with Gasteiger partial charge in [0.1, 0.15) is 5.82 Å². The van der Waals surface area contributed by atoms with E-state index in [2.05, 4.69) is 16.0 Å². The Morgan fingerprint density at radius 3 is 2.82 bits per heavy atom. The van der Waals surface area contributed by atoms with Crippen molar-refractivity contribution in [1.82, 2.24) is 9.97 Å². The van der Waals surface area contributed by atoms with Crippen molar-refractivity contribution in [3.8, 4) is 17.5 Å². The molecule has 0 aliphatic carbocycles. The molecule has 1 aromatic carbocycles. The maximum Gasteiger partial charge on any atom is 0.139 e. The Morgan fingerprint density at radius 2 is 2.18 bits per heavy atom. The number of benzene rings is 1. The van der Waals surface area contributed by atoms with Crippen LogP contribution in [0.2, 0.25) is 10.0 Å². The van der Waals surface area contributed by atoms with Crippen LogP contribution in [0.25, 0.3) is 11.4 Å². The summed E-state index contributed by atoms with van der Waals surface area (Å²) in [6, 6.07) is 7.30. The highest BCUT2D eigenvalue weighted by molar-refractivity contribution is 6.36. The molecule has 0 fully saturated rings. The van der Waals surface area contributed by atoms with Crippen LogP contribution in [0.5, 0.6) is 0 Å². The van der Waals surface area contributed by atoms with E-state index in [9.17, 15) is 0 Å². The van der Waals surface area contributed by atoms with E-state index >= 15 is 0 Å². The average Bonchev–Trinajstić information content (AvgIpc) is 2.60. The van der Waals surface area contributed by atoms with Crippen LogP contribution < -0.4 is 0 Å². The number of rotatable bonds is 2. The van der Waals surface area contributed by atoms with Crippen molar-refractivity contribution >= 4 is 23.2 Å². The fourth-order valence-electron chi connectivity index (χ4n) is 1.55. The molecule has 1 heterocycles.